The predicted molar refractivity (Wildman–Crippen MR) is 104 cm³/mol. The third-order valence-corrected chi connectivity index (χ3v) is 4.42. The highest BCUT2D eigenvalue weighted by atomic mass is 16.5. The summed E-state index contributed by atoms with van der Waals surface area (Å²) in [6.07, 6.45) is 0. The fraction of sp³-hybridized carbons (Fsp3) is 0.227. The Morgan fingerprint density at radius 2 is 1.71 bits per heavy atom. The smallest absolute Gasteiger partial charge is 0.340 e. The van der Waals surface area contributed by atoms with Crippen LogP contribution in [0.4, 0.5) is 0 Å². The molecule has 6 nitrogen and oxygen atoms in total. The van der Waals surface area contributed by atoms with Gasteiger partial charge in [0.2, 0.25) is 0 Å². The van der Waals surface area contributed by atoms with Crippen LogP contribution in [0.2, 0.25) is 0 Å². The van der Waals surface area contributed by atoms with E-state index in [2.05, 4.69) is 4.98 Å². The normalized spacial score (nSPS) is 10.7. The van der Waals surface area contributed by atoms with Crippen LogP contribution in [0.25, 0.3) is 10.9 Å². The molecule has 1 aromatic heterocycles. The topological polar surface area (TPSA) is 85.7 Å². The molecule has 28 heavy (non-hydrogen) atoms. The van der Waals surface area contributed by atoms with Gasteiger partial charge in [0, 0.05) is 5.39 Å². The summed E-state index contributed by atoms with van der Waals surface area (Å²) in [5.41, 5.74) is 3.19. The minimum absolute atomic E-state index is 0.0987. The average molecular weight is 379 g/mol. The molecule has 3 rings (SSSR count). The lowest BCUT2D eigenvalue weighted by Gasteiger charge is -2.14. The van der Waals surface area contributed by atoms with Gasteiger partial charge in [-0.05, 0) is 43.2 Å². The largest absolute Gasteiger partial charge is 0.462 e. The number of aromatic nitrogens is 1. The number of ether oxygens (including phenoxy) is 2. The number of aliphatic hydroxyl groups excluding tert-OH is 1. The van der Waals surface area contributed by atoms with Gasteiger partial charge >= 0.3 is 11.9 Å². The van der Waals surface area contributed by atoms with Gasteiger partial charge in [0.1, 0.15) is 6.61 Å². The average Bonchev–Trinajstić information content (AvgIpc) is 2.72. The lowest BCUT2D eigenvalue weighted by atomic mass is 10.0. The van der Waals surface area contributed by atoms with E-state index in [0.29, 0.717) is 27.9 Å². The summed E-state index contributed by atoms with van der Waals surface area (Å²) in [5, 5.41) is 9.94. The molecule has 144 valence electrons. The standard InChI is InChI=1S/C22H21NO5/c1-3-27-22(26)20-14(2)17-6-4-5-7-18(17)23-19(20)13-28-21(25)16-10-8-15(12-24)9-11-16/h4-11,24H,3,12-13H2,1-2H3. The summed E-state index contributed by atoms with van der Waals surface area (Å²) >= 11 is 0. The van der Waals surface area contributed by atoms with Crippen LogP contribution in [-0.2, 0) is 22.7 Å². The Labute approximate surface area is 162 Å². The van der Waals surface area contributed by atoms with Crippen LogP contribution in [0.5, 0.6) is 0 Å². The summed E-state index contributed by atoms with van der Waals surface area (Å²) in [4.78, 5) is 29.4. The summed E-state index contributed by atoms with van der Waals surface area (Å²) in [6, 6.07) is 13.9. The molecule has 6 heteroatoms. The van der Waals surface area contributed by atoms with Crippen LogP contribution in [0.15, 0.2) is 48.5 Å². The maximum absolute atomic E-state index is 12.5. The van der Waals surface area contributed by atoms with Crippen LogP contribution in [0, 0.1) is 6.92 Å². The van der Waals surface area contributed by atoms with Crippen molar-refractivity contribution in [2.75, 3.05) is 6.61 Å². The zero-order valence-corrected chi connectivity index (χ0v) is 15.8. The number of hydrogen-bond acceptors (Lipinski definition) is 6. The van der Waals surface area contributed by atoms with Crippen molar-refractivity contribution in [2.24, 2.45) is 0 Å². The first-order valence-electron chi connectivity index (χ1n) is 8.97. The second kappa shape index (κ2) is 8.63. The van der Waals surface area contributed by atoms with Crippen LogP contribution in [-0.4, -0.2) is 28.6 Å². The summed E-state index contributed by atoms with van der Waals surface area (Å²) in [5.74, 6) is -1.02. The number of pyridine rings is 1. The molecule has 1 N–H and O–H groups in total. The molecule has 1 heterocycles. The van der Waals surface area contributed by atoms with Crippen LogP contribution in [0.3, 0.4) is 0 Å². The Bertz CT molecular complexity index is 1010. The molecule has 0 aliphatic carbocycles. The second-order valence-electron chi connectivity index (χ2n) is 6.23. The maximum Gasteiger partial charge on any atom is 0.340 e. The summed E-state index contributed by atoms with van der Waals surface area (Å²) < 4.78 is 10.6. The van der Waals surface area contributed by atoms with Crippen molar-refractivity contribution in [3.05, 3.63) is 76.5 Å². The van der Waals surface area contributed by atoms with Crippen molar-refractivity contribution >= 4 is 22.8 Å². The first-order chi connectivity index (χ1) is 13.5. The zero-order chi connectivity index (χ0) is 20.1. The molecule has 0 aliphatic rings. The molecule has 0 saturated carbocycles. The molecule has 0 fully saturated rings. The van der Waals surface area contributed by atoms with Crippen LogP contribution in [0.1, 0.15) is 44.5 Å². The van der Waals surface area contributed by atoms with Crippen molar-refractivity contribution < 1.29 is 24.2 Å². The van der Waals surface area contributed by atoms with E-state index in [1.54, 1.807) is 31.2 Å². The number of carbonyl (C=O) groups excluding carboxylic acids is 2. The number of aliphatic hydroxyl groups is 1. The maximum atomic E-state index is 12.5. The van der Waals surface area contributed by atoms with Gasteiger partial charge in [0.15, 0.2) is 0 Å². The molecular weight excluding hydrogens is 358 g/mol. The fourth-order valence-corrected chi connectivity index (χ4v) is 2.98. The quantitative estimate of drug-likeness (QED) is 0.659. The van der Waals surface area contributed by atoms with Gasteiger partial charge in [-0.1, -0.05) is 30.3 Å². The Balaban J connectivity index is 1.91. The number of aryl methyl sites for hydroxylation is 1. The molecule has 0 bridgehead atoms. The number of nitrogens with zero attached hydrogens (tertiary/aromatic N) is 1. The third kappa shape index (κ3) is 4.02. The van der Waals surface area contributed by atoms with Gasteiger partial charge < -0.3 is 14.6 Å². The Hall–Kier alpha value is -3.25. The van der Waals surface area contributed by atoms with E-state index in [1.807, 2.05) is 31.2 Å². The van der Waals surface area contributed by atoms with Crippen molar-refractivity contribution in [3.8, 4) is 0 Å². The molecular formula is C22H21NO5. The Morgan fingerprint density at radius 1 is 1.00 bits per heavy atom. The highest BCUT2D eigenvalue weighted by Crippen LogP contribution is 2.24. The number of carbonyl (C=O) groups is 2. The highest BCUT2D eigenvalue weighted by molar-refractivity contribution is 5.98. The van der Waals surface area contributed by atoms with Gasteiger partial charge in [0.25, 0.3) is 0 Å². The van der Waals surface area contributed by atoms with Crippen LogP contribution < -0.4 is 0 Å². The summed E-state index contributed by atoms with van der Waals surface area (Å²) in [6.45, 7) is 3.55. The van der Waals surface area contributed by atoms with Gasteiger partial charge in [-0.3, -0.25) is 0 Å². The minimum Gasteiger partial charge on any atom is -0.462 e. The Morgan fingerprint density at radius 3 is 2.39 bits per heavy atom. The molecule has 0 aliphatic heterocycles. The van der Waals surface area contributed by atoms with Crippen LogP contribution >= 0.6 is 0 Å². The lowest BCUT2D eigenvalue weighted by molar-refractivity contribution is 0.0444. The second-order valence-corrected chi connectivity index (χ2v) is 6.23. The van der Waals surface area contributed by atoms with E-state index in [1.165, 1.54) is 0 Å². The molecule has 0 spiro atoms. The number of esters is 2. The highest BCUT2D eigenvalue weighted by Gasteiger charge is 2.21. The van der Waals surface area contributed by atoms with Gasteiger partial charge in [-0.15, -0.1) is 0 Å². The van der Waals surface area contributed by atoms with Gasteiger partial charge in [0.05, 0.1) is 35.6 Å². The number of fused-ring (bicyclic) bond motifs is 1. The van der Waals surface area contributed by atoms with E-state index in [-0.39, 0.29) is 19.8 Å². The molecule has 3 aromatic rings. The monoisotopic (exact) mass is 379 g/mol. The number of rotatable bonds is 6. The number of benzene rings is 2. The van der Waals surface area contributed by atoms with E-state index in [0.717, 1.165) is 10.9 Å². The van der Waals surface area contributed by atoms with E-state index >= 15 is 0 Å². The van der Waals surface area contributed by atoms with Crippen molar-refractivity contribution in [2.45, 2.75) is 27.1 Å². The van der Waals surface area contributed by atoms with E-state index in [4.69, 9.17) is 14.6 Å². The number of para-hydroxylation sites is 1. The van der Waals surface area contributed by atoms with Crippen molar-refractivity contribution in [1.82, 2.24) is 4.98 Å². The molecule has 2 aromatic carbocycles. The Kier molecular flexibility index (Phi) is 6.01. The molecule has 0 atom stereocenters. The van der Waals surface area contributed by atoms with Gasteiger partial charge in [-0.2, -0.15) is 0 Å². The summed E-state index contributed by atoms with van der Waals surface area (Å²) in [7, 11) is 0. The fourth-order valence-electron chi connectivity index (χ4n) is 2.98. The third-order valence-electron chi connectivity index (χ3n) is 4.42. The predicted octanol–water partition coefficient (Wildman–Crippen LogP) is 3.57. The first kappa shape index (κ1) is 19.5. The van der Waals surface area contributed by atoms with Crippen molar-refractivity contribution in [1.29, 1.82) is 0 Å². The van der Waals surface area contributed by atoms with Gasteiger partial charge in [-0.25, -0.2) is 14.6 Å². The first-order valence-corrected chi connectivity index (χ1v) is 8.97. The minimum atomic E-state index is -0.535. The SMILES string of the molecule is CCOC(=O)c1c(COC(=O)c2ccc(CO)cc2)nc2ccccc2c1C. The molecule has 0 radical (unpaired) electrons. The van der Waals surface area contributed by atoms with Crippen molar-refractivity contribution in [3.63, 3.8) is 0 Å². The molecule has 0 saturated heterocycles. The number of hydrogen-bond donors (Lipinski definition) is 1. The zero-order valence-electron chi connectivity index (χ0n) is 15.8. The molecule has 0 unspecified atom stereocenters. The van der Waals surface area contributed by atoms with E-state index in [9.17, 15) is 9.59 Å². The molecule has 0 amide bonds. The lowest BCUT2D eigenvalue weighted by Crippen LogP contribution is -2.15. The van der Waals surface area contributed by atoms with E-state index < -0.39 is 11.9 Å².